The Labute approximate surface area is 144 Å². The molecule has 0 N–H and O–H groups in total. The van der Waals surface area contributed by atoms with Crippen molar-refractivity contribution in [2.45, 2.75) is 26.2 Å². The second-order valence-corrected chi connectivity index (χ2v) is 7.09. The highest BCUT2D eigenvalue weighted by molar-refractivity contribution is 5.80. The van der Waals surface area contributed by atoms with E-state index >= 15 is 0 Å². The number of aryl methyl sites for hydroxylation is 2. The standard InChI is InChI=1S/C23H23N/c1-16-10-12-21-19(14-16)23(3,18-8-6-5-7-9-18)20-15-17(2)11-13-22(20)24(21)4/h5-15H,1-4H3. The van der Waals surface area contributed by atoms with E-state index in [4.69, 9.17) is 0 Å². The minimum absolute atomic E-state index is 0.142. The summed E-state index contributed by atoms with van der Waals surface area (Å²) in [5.74, 6) is 0. The first kappa shape index (κ1) is 15.0. The molecule has 0 radical (unpaired) electrons. The van der Waals surface area contributed by atoms with Gasteiger partial charge < -0.3 is 4.90 Å². The molecule has 1 heteroatoms. The summed E-state index contributed by atoms with van der Waals surface area (Å²) in [6, 6.07) is 24.5. The summed E-state index contributed by atoms with van der Waals surface area (Å²) in [5.41, 5.74) is 9.17. The maximum Gasteiger partial charge on any atom is 0.0464 e. The Bertz CT molecular complexity index is 855. The van der Waals surface area contributed by atoms with Crippen LogP contribution in [0.1, 0.15) is 34.7 Å². The summed E-state index contributed by atoms with van der Waals surface area (Å²) in [7, 11) is 2.17. The average Bonchev–Trinajstić information content (AvgIpc) is 2.60. The summed E-state index contributed by atoms with van der Waals surface area (Å²) in [6.07, 6.45) is 0. The Balaban J connectivity index is 2.11. The van der Waals surface area contributed by atoms with Gasteiger partial charge in [0.25, 0.3) is 0 Å². The van der Waals surface area contributed by atoms with Gasteiger partial charge in [0.05, 0.1) is 0 Å². The number of fused-ring (bicyclic) bond motifs is 2. The summed E-state index contributed by atoms with van der Waals surface area (Å²) < 4.78 is 0. The smallest absolute Gasteiger partial charge is 0.0464 e. The van der Waals surface area contributed by atoms with Gasteiger partial charge in [0.1, 0.15) is 0 Å². The van der Waals surface area contributed by atoms with Crippen LogP contribution in [0, 0.1) is 13.8 Å². The van der Waals surface area contributed by atoms with Crippen molar-refractivity contribution in [3.05, 3.63) is 94.5 Å². The van der Waals surface area contributed by atoms with Crippen LogP contribution in [0.4, 0.5) is 11.4 Å². The fourth-order valence-corrected chi connectivity index (χ4v) is 4.04. The van der Waals surface area contributed by atoms with Crippen molar-refractivity contribution in [1.29, 1.82) is 0 Å². The van der Waals surface area contributed by atoms with Gasteiger partial charge in [0.2, 0.25) is 0 Å². The zero-order valence-electron chi connectivity index (χ0n) is 14.8. The van der Waals surface area contributed by atoms with Crippen molar-refractivity contribution >= 4 is 11.4 Å². The van der Waals surface area contributed by atoms with Gasteiger partial charge in [-0.05, 0) is 49.6 Å². The van der Waals surface area contributed by atoms with Crippen molar-refractivity contribution in [2.24, 2.45) is 0 Å². The zero-order valence-corrected chi connectivity index (χ0v) is 14.8. The molecule has 1 aliphatic rings. The number of hydrogen-bond acceptors (Lipinski definition) is 1. The summed E-state index contributed by atoms with van der Waals surface area (Å²) >= 11 is 0. The van der Waals surface area contributed by atoms with E-state index in [2.05, 4.69) is 99.4 Å². The van der Waals surface area contributed by atoms with Crippen molar-refractivity contribution in [3.8, 4) is 0 Å². The van der Waals surface area contributed by atoms with E-state index < -0.39 is 0 Å². The highest BCUT2D eigenvalue weighted by Gasteiger charge is 2.40. The number of rotatable bonds is 1. The van der Waals surface area contributed by atoms with E-state index in [1.165, 1.54) is 39.2 Å². The van der Waals surface area contributed by atoms with Crippen LogP contribution in [-0.4, -0.2) is 7.05 Å². The minimum Gasteiger partial charge on any atom is -0.344 e. The van der Waals surface area contributed by atoms with Gasteiger partial charge in [0, 0.05) is 23.8 Å². The molecule has 0 unspecified atom stereocenters. The Morgan fingerprint density at radius 1 is 0.708 bits per heavy atom. The molecule has 0 atom stereocenters. The minimum atomic E-state index is -0.142. The predicted octanol–water partition coefficient (Wildman–Crippen LogP) is 5.74. The van der Waals surface area contributed by atoms with E-state index in [-0.39, 0.29) is 5.41 Å². The lowest BCUT2D eigenvalue weighted by molar-refractivity contribution is 0.677. The molecule has 1 aliphatic heterocycles. The SMILES string of the molecule is Cc1ccc2c(c1)C(C)(c1ccccc1)c1cc(C)ccc1N2C. The Kier molecular flexibility index (Phi) is 3.28. The lowest BCUT2D eigenvalue weighted by Crippen LogP contribution is -2.34. The van der Waals surface area contributed by atoms with E-state index in [1.807, 2.05) is 0 Å². The molecule has 120 valence electrons. The van der Waals surface area contributed by atoms with Gasteiger partial charge in [0.15, 0.2) is 0 Å². The molecule has 0 saturated carbocycles. The molecule has 0 amide bonds. The molecular formula is C23H23N. The van der Waals surface area contributed by atoms with E-state index in [9.17, 15) is 0 Å². The number of benzene rings is 3. The van der Waals surface area contributed by atoms with Crippen LogP contribution < -0.4 is 4.90 Å². The van der Waals surface area contributed by atoms with Crippen molar-refractivity contribution in [2.75, 3.05) is 11.9 Å². The third-order valence-electron chi connectivity index (χ3n) is 5.46. The monoisotopic (exact) mass is 313 g/mol. The molecule has 1 heterocycles. The highest BCUT2D eigenvalue weighted by Crippen LogP contribution is 2.51. The van der Waals surface area contributed by atoms with E-state index in [1.54, 1.807) is 0 Å². The predicted molar refractivity (Wildman–Crippen MR) is 102 cm³/mol. The molecule has 3 aromatic carbocycles. The third-order valence-corrected chi connectivity index (χ3v) is 5.46. The van der Waals surface area contributed by atoms with Gasteiger partial charge in [-0.3, -0.25) is 0 Å². The molecular weight excluding hydrogens is 290 g/mol. The van der Waals surface area contributed by atoms with Crippen LogP contribution in [0.25, 0.3) is 0 Å². The van der Waals surface area contributed by atoms with Crippen molar-refractivity contribution < 1.29 is 0 Å². The lowest BCUT2D eigenvalue weighted by Gasteiger charge is -2.43. The number of hydrogen-bond donors (Lipinski definition) is 0. The molecule has 0 fully saturated rings. The molecule has 0 saturated heterocycles. The van der Waals surface area contributed by atoms with Crippen LogP contribution >= 0.6 is 0 Å². The van der Waals surface area contributed by atoms with Crippen molar-refractivity contribution in [1.82, 2.24) is 0 Å². The van der Waals surface area contributed by atoms with Crippen LogP contribution in [0.3, 0.4) is 0 Å². The zero-order chi connectivity index (χ0) is 16.9. The van der Waals surface area contributed by atoms with Gasteiger partial charge in [-0.15, -0.1) is 0 Å². The highest BCUT2D eigenvalue weighted by atomic mass is 15.1. The second-order valence-electron chi connectivity index (χ2n) is 7.09. The van der Waals surface area contributed by atoms with E-state index in [0.29, 0.717) is 0 Å². The Hall–Kier alpha value is -2.54. The third kappa shape index (κ3) is 2.01. The second kappa shape index (κ2) is 5.24. The van der Waals surface area contributed by atoms with Crippen molar-refractivity contribution in [3.63, 3.8) is 0 Å². The van der Waals surface area contributed by atoms with Crippen LogP contribution in [0.15, 0.2) is 66.7 Å². The van der Waals surface area contributed by atoms with Crippen LogP contribution in [0.2, 0.25) is 0 Å². The molecule has 24 heavy (non-hydrogen) atoms. The quantitative estimate of drug-likeness (QED) is 0.554. The van der Waals surface area contributed by atoms with Crippen LogP contribution in [0.5, 0.6) is 0 Å². The fraction of sp³-hybridized carbons (Fsp3) is 0.217. The maximum absolute atomic E-state index is 2.37. The van der Waals surface area contributed by atoms with Gasteiger partial charge in [-0.25, -0.2) is 0 Å². The fourth-order valence-electron chi connectivity index (χ4n) is 4.04. The molecule has 1 nitrogen and oxygen atoms in total. The molecule has 0 spiro atoms. The lowest BCUT2D eigenvalue weighted by atomic mass is 9.67. The van der Waals surface area contributed by atoms with Gasteiger partial charge >= 0.3 is 0 Å². The largest absolute Gasteiger partial charge is 0.344 e. The Morgan fingerprint density at radius 3 is 1.71 bits per heavy atom. The first-order chi connectivity index (χ1) is 11.5. The molecule has 0 aliphatic carbocycles. The average molecular weight is 313 g/mol. The topological polar surface area (TPSA) is 3.24 Å². The summed E-state index contributed by atoms with van der Waals surface area (Å²) in [4.78, 5) is 2.33. The normalized spacial score (nSPS) is 14.9. The van der Waals surface area contributed by atoms with E-state index in [0.717, 1.165) is 0 Å². The van der Waals surface area contributed by atoms with Crippen LogP contribution in [-0.2, 0) is 5.41 Å². The maximum atomic E-state index is 2.37. The molecule has 4 rings (SSSR count). The first-order valence-electron chi connectivity index (χ1n) is 8.53. The molecule has 3 aromatic rings. The summed E-state index contributed by atoms with van der Waals surface area (Å²) in [5, 5.41) is 0. The van der Waals surface area contributed by atoms with Gasteiger partial charge in [-0.1, -0.05) is 65.7 Å². The summed E-state index contributed by atoms with van der Waals surface area (Å²) in [6.45, 7) is 6.72. The molecule has 0 aromatic heterocycles. The molecule has 0 bridgehead atoms. The first-order valence-corrected chi connectivity index (χ1v) is 8.53. The number of anilines is 2. The Morgan fingerprint density at radius 2 is 1.21 bits per heavy atom. The van der Waals surface area contributed by atoms with Gasteiger partial charge in [-0.2, -0.15) is 0 Å². The number of nitrogens with zero attached hydrogens (tertiary/aromatic N) is 1.